The normalized spacial score (nSPS) is 18.6. The van der Waals surface area contributed by atoms with Gasteiger partial charge in [-0.1, -0.05) is 44.7 Å². The molecule has 2 aliphatic rings. The van der Waals surface area contributed by atoms with Gasteiger partial charge in [-0.05, 0) is 63.4 Å². The lowest BCUT2D eigenvalue weighted by Crippen LogP contribution is -2.36. The highest BCUT2D eigenvalue weighted by atomic mass is 19.1. The largest absolute Gasteiger partial charge is 0.368 e. The van der Waals surface area contributed by atoms with Gasteiger partial charge >= 0.3 is 0 Å². The number of carbonyl (C=O) groups excluding carboxylic acids is 1. The van der Waals surface area contributed by atoms with Crippen molar-refractivity contribution in [2.45, 2.75) is 70.4 Å². The summed E-state index contributed by atoms with van der Waals surface area (Å²) < 4.78 is 27.5. The number of hydrogen-bond acceptors (Lipinski definition) is 5. The highest BCUT2D eigenvalue weighted by Crippen LogP contribution is 2.38. The van der Waals surface area contributed by atoms with Crippen LogP contribution in [0.1, 0.15) is 70.0 Å². The minimum Gasteiger partial charge on any atom is -0.368 e. The molecule has 1 aromatic heterocycles. The van der Waals surface area contributed by atoms with Crippen molar-refractivity contribution >= 4 is 17.4 Å². The Morgan fingerprint density at radius 2 is 1.92 bits per heavy atom. The van der Waals surface area contributed by atoms with Crippen molar-refractivity contribution in [3.8, 4) is 0 Å². The molecule has 1 unspecified atom stereocenters. The van der Waals surface area contributed by atoms with E-state index in [0.29, 0.717) is 11.5 Å². The third-order valence-electron chi connectivity index (χ3n) is 7.48. The molecule has 6 nitrogen and oxygen atoms in total. The molecule has 1 aliphatic carbocycles. The van der Waals surface area contributed by atoms with E-state index in [0.717, 1.165) is 43.5 Å². The Hall–Kier alpha value is -3.00. The second-order valence-corrected chi connectivity index (χ2v) is 10.1. The fraction of sp³-hybridized carbons (Fsp3) is 0.517. The van der Waals surface area contributed by atoms with E-state index in [9.17, 15) is 13.6 Å². The third-order valence-corrected chi connectivity index (χ3v) is 7.48. The molecule has 37 heavy (non-hydrogen) atoms. The molecule has 1 saturated heterocycles. The fourth-order valence-electron chi connectivity index (χ4n) is 5.13. The van der Waals surface area contributed by atoms with E-state index in [2.05, 4.69) is 22.9 Å². The monoisotopic (exact) mass is 513 g/mol. The van der Waals surface area contributed by atoms with Gasteiger partial charge in [0.15, 0.2) is 0 Å². The Bertz CT molecular complexity index is 1060. The lowest BCUT2D eigenvalue weighted by atomic mass is 9.86. The molecule has 202 valence electrons. The van der Waals surface area contributed by atoms with Gasteiger partial charge in [-0.3, -0.25) is 4.79 Å². The summed E-state index contributed by atoms with van der Waals surface area (Å²) in [5.41, 5.74) is 7.38. The van der Waals surface area contributed by atoms with Crippen LogP contribution in [-0.4, -0.2) is 42.5 Å². The summed E-state index contributed by atoms with van der Waals surface area (Å²) in [5, 5.41) is 2.69. The predicted octanol–water partition coefficient (Wildman–Crippen LogP) is 5.83. The number of rotatable bonds is 8. The van der Waals surface area contributed by atoms with E-state index in [1.54, 1.807) is 25.9 Å². The van der Waals surface area contributed by atoms with Gasteiger partial charge in [0.2, 0.25) is 5.91 Å². The standard InChI is InChI=1S/C25H31F2N3.C4H10N2O/c1-18(16-19-8-4-3-5-9-19)30-15-7-11-24(30)22-10-6-12-25(28-22)29(2)23-14-13-20(26)17-21(23)27;1-3(6-2)4(5)7/h6,10,12-14,17,19,24H,1,3-5,7-9,11,15-16H2,2H3;3,6H,1-2H3,(H2,5,7)/t24-;/m0./s1. The smallest absolute Gasteiger partial charge is 0.234 e. The summed E-state index contributed by atoms with van der Waals surface area (Å²) >= 11 is 0. The number of allylic oxidation sites excluding steroid dienone is 1. The third kappa shape index (κ3) is 7.74. The van der Waals surface area contributed by atoms with Crippen LogP contribution in [0.15, 0.2) is 48.7 Å². The Morgan fingerprint density at radius 1 is 1.19 bits per heavy atom. The number of anilines is 2. The first-order valence-corrected chi connectivity index (χ1v) is 13.3. The Morgan fingerprint density at radius 3 is 2.54 bits per heavy atom. The van der Waals surface area contributed by atoms with E-state index in [1.807, 2.05) is 12.1 Å². The molecule has 0 bridgehead atoms. The zero-order valence-corrected chi connectivity index (χ0v) is 22.4. The second-order valence-electron chi connectivity index (χ2n) is 10.1. The van der Waals surface area contributed by atoms with Crippen molar-refractivity contribution in [3.05, 3.63) is 66.0 Å². The van der Waals surface area contributed by atoms with Gasteiger partial charge in [0.25, 0.3) is 0 Å². The van der Waals surface area contributed by atoms with Gasteiger partial charge in [0, 0.05) is 25.4 Å². The quantitative estimate of drug-likeness (QED) is 0.465. The average Bonchev–Trinajstić information content (AvgIpc) is 3.39. The maximum absolute atomic E-state index is 14.2. The van der Waals surface area contributed by atoms with Gasteiger partial charge in [0.05, 0.1) is 23.5 Å². The first-order chi connectivity index (χ1) is 17.7. The lowest BCUT2D eigenvalue weighted by molar-refractivity contribution is -0.119. The average molecular weight is 514 g/mol. The maximum atomic E-state index is 14.2. The molecule has 1 aromatic carbocycles. The van der Waals surface area contributed by atoms with Gasteiger partial charge < -0.3 is 20.9 Å². The van der Waals surface area contributed by atoms with Gasteiger partial charge in [-0.25, -0.2) is 13.8 Å². The molecule has 3 N–H and O–H groups in total. The van der Waals surface area contributed by atoms with Crippen LogP contribution >= 0.6 is 0 Å². The van der Waals surface area contributed by atoms with Crippen molar-refractivity contribution in [2.75, 3.05) is 25.5 Å². The molecular weight excluding hydrogens is 472 g/mol. The number of hydrogen-bond donors (Lipinski definition) is 2. The highest BCUT2D eigenvalue weighted by molar-refractivity contribution is 5.79. The van der Waals surface area contributed by atoms with Crippen molar-refractivity contribution < 1.29 is 13.6 Å². The number of aromatic nitrogens is 1. The molecule has 4 rings (SSSR count). The molecule has 2 atom stereocenters. The first-order valence-electron chi connectivity index (χ1n) is 13.3. The van der Waals surface area contributed by atoms with Crippen LogP contribution in [0.5, 0.6) is 0 Å². The van der Waals surface area contributed by atoms with E-state index in [4.69, 9.17) is 10.7 Å². The van der Waals surface area contributed by atoms with Crippen molar-refractivity contribution in [1.29, 1.82) is 0 Å². The van der Waals surface area contributed by atoms with Crippen molar-refractivity contribution in [1.82, 2.24) is 15.2 Å². The molecule has 8 heteroatoms. The van der Waals surface area contributed by atoms with Crippen molar-refractivity contribution in [2.24, 2.45) is 11.7 Å². The number of likely N-dealkylation sites (tertiary alicyclic amines) is 1. The number of pyridine rings is 1. The van der Waals surface area contributed by atoms with E-state index in [1.165, 1.54) is 49.9 Å². The number of nitrogens with one attached hydrogen (secondary N) is 1. The minimum absolute atomic E-state index is 0.208. The summed E-state index contributed by atoms with van der Waals surface area (Å²) in [4.78, 5) is 19.1. The van der Waals surface area contributed by atoms with E-state index >= 15 is 0 Å². The number of likely N-dealkylation sites (N-methyl/N-ethyl adjacent to an activating group) is 1. The van der Waals surface area contributed by atoms with Crippen LogP contribution in [0, 0.1) is 17.6 Å². The molecule has 1 saturated carbocycles. The fourth-order valence-corrected chi connectivity index (χ4v) is 5.13. The molecule has 2 heterocycles. The predicted molar refractivity (Wildman–Crippen MR) is 145 cm³/mol. The van der Waals surface area contributed by atoms with Crippen LogP contribution in [0.3, 0.4) is 0 Å². The summed E-state index contributed by atoms with van der Waals surface area (Å²) in [6.07, 6.45) is 9.95. The number of primary amides is 1. The Kier molecular flexibility index (Phi) is 10.4. The van der Waals surface area contributed by atoms with Crippen LogP contribution in [0.4, 0.5) is 20.3 Å². The number of nitrogens with two attached hydrogens (primary N) is 1. The molecule has 1 amide bonds. The van der Waals surface area contributed by atoms with Gasteiger partial charge in [-0.15, -0.1) is 0 Å². The van der Waals surface area contributed by atoms with Crippen molar-refractivity contribution in [3.63, 3.8) is 0 Å². The highest BCUT2D eigenvalue weighted by Gasteiger charge is 2.29. The van der Waals surface area contributed by atoms with E-state index in [-0.39, 0.29) is 18.0 Å². The van der Waals surface area contributed by atoms with Crippen LogP contribution < -0.4 is 16.0 Å². The summed E-state index contributed by atoms with van der Waals surface area (Å²) in [7, 11) is 3.45. The Labute approximate surface area is 219 Å². The summed E-state index contributed by atoms with van der Waals surface area (Å²) in [6, 6.07) is 9.52. The molecule has 0 spiro atoms. The molecule has 2 fully saturated rings. The lowest BCUT2D eigenvalue weighted by Gasteiger charge is -2.32. The van der Waals surface area contributed by atoms with Crippen LogP contribution in [0.2, 0.25) is 0 Å². The summed E-state index contributed by atoms with van der Waals surface area (Å²) in [6.45, 7) is 7.16. The minimum atomic E-state index is -0.590. The molecule has 0 radical (unpaired) electrons. The number of benzene rings is 1. The number of carbonyl (C=O) groups is 1. The number of amides is 1. The topological polar surface area (TPSA) is 74.5 Å². The van der Waals surface area contributed by atoms with Crippen LogP contribution in [-0.2, 0) is 4.79 Å². The number of nitrogens with zero attached hydrogens (tertiary/aromatic N) is 3. The zero-order chi connectivity index (χ0) is 26.9. The first kappa shape index (κ1) is 28.6. The maximum Gasteiger partial charge on any atom is 0.234 e. The van der Waals surface area contributed by atoms with Gasteiger partial charge in [-0.2, -0.15) is 0 Å². The Balaban J connectivity index is 0.000000479. The number of halogens is 2. The van der Waals surface area contributed by atoms with E-state index < -0.39 is 11.6 Å². The van der Waals surface area contributed by atoms with Crippen LogP contribution in [0.25, 0.3) is 0 Å². The molecular formula is C29H41F2N5O. The summed E-state index contributed by atoms with van der Waals surface area (Å²) in [5.74, 6) is -0.0675. The second kappa shape index (κ2) is 13.5. The molecule has 1 aliphatic heterocycles. The zero-order valence-electron chi connectivity index (χ0n) is 22.4. The molecule has 2 aromatic rings. The SMILES string of the molecule is C=C(CC1CCCCC1)N1CCC[C@H]1c1cccc(N(C)c2ccc(F)cc2F)n1.CNC(C)C(N)=O. The van der Waals surface area contributed by atoms with Gasteiger partial charge in [0.1, 0.15) is 17.5 Å².